The highest BCUT2D eigenvalue weighted by atomic mass is 19.1. The van der Waals surface area contributed by atoms with Crippen molar-refractivity contribution >= 4 is 17.1 Å². The summed E-state index contributed by atoms with van der Waals surface area (Å²) in [6.45, 7) is 2.81. The van der Waals surface area contributed by atoms with Crippen molar-refractivity contribution in [1.82, 2.24) is 29.5 Å². The lowest BCUT2D eigenvalue weighted by Crippen LogP contribution is -2.23. The minimum Gasteiger partial charge on any atom is -0.494 e. The number of ether oxygens (including phenoxy) is 1. The zero-order chi connectivity index (χ0) is 25.8. The molecular formula is C27H26F2N6O2. The predicted octanol–water partition coefficient (Wildman–Crippen LogP) is 4.75. The van der Waals surface area contributed by atoms with Crippen molar-refractivity contribution in [2.24, 2.45) is 0 Å². The van der Waals surface area contributed by atoms with Gasteiger partial charge in [0, 0.05) is 49.0 Å². The van der Waals surface area contributed by atoms with Crippen molar-refractivity contribution in [2.45, 2.75) is 39.2 Å². The van der Waals surface area contributed by atoms with Crippen LogP contribution in [0.2, 0.25) is 0 Å². The molecule has 0 unspecified atom stereocenters. The number of hydrogen-bond acceptors (Lipinski definition) is 5. The number of aryl methyl sites for hydroxylation is 1. The van der Waals surface area contributed by atoms with Gasteiger partial charge in [-0.2, -0.15) is 5.10 Å². The van der Waals surface area contributed by atoms with Gasteiger partial charge in [0.05, 0.1) is 12.3 Å². The van der Waals surface area contributed by atoms with Crippen molar-refractivity contribution in [2.75, 3.05) is 6.61 Å². The number of carbonyl (C=O) groups excluding carboxylic acids is 1. The zero-order valence-electron chi connectivity index (χ0n) is 20.3. The number of aromatic nitrogens is 5. The summed E-state index contributed by atoms with van der Waals surface area (Å²) < 4.78 is 36.1. The third kappa shape index (κ3) is 5.42. The number of carbonyl (C=O) groups is 1. The molecule has 0 aliphatic heterocycles. The second kappa shape index (κ2) is 10.7. The molecule has 0 fully saturated rings. The molecule has 5 aromatic rings. The summed E-state index contributed by atoms with van der Waals surface area (Å²) in [6.07, 6.45) is 6.22. The first-order valence-electron chi connectivity index (χ1n) is 12.2. The highest BCUT2D eigenvalue weighted by molar-refractivity contribution is 5.77. The van der Waals surface area contributed by atoms with E-state index in [-0.39, 0.29) is 24.4 Å². The molecule has 0 saturated carbocycles. The minimum atomic E-state index is -0.691. The molecule has 0 atom stereocenters. The van der Waals surface area contributed by atoms with E-state index in [2.05, 4.69) is 27.5 Å². The van der Waals surface area contributed by atoms with E-state index in [0.29, 0.717) is 24.5 Å². The van der Waals surface area contributed by atoms with Crippen LogP contribution >= 0.6 is 0 Å². The number of nitrogens with one attached hydrogen (secondary N) is 1. The standard InChI is InChI=1S/C27H26F2N6O2/c1-2-3-14-37-21-8-5-18(6-9-21)23-16-24-27-32-31-25(34(27)12-13-35(24)33-23)10-11-26(36)30-17-19-4-7-20(28)15-22(19)29/h4-9,12-13,15-16H,2-3,10-11,14,17H2,1H3,(H,30,36). The van der Waals surface area contributed by atoms with Gasteiger partial charge >= 0.3 is 0 Å². The van der Waals surface area contributed by atoms with Crippen LogP contribution in [0.4, 0.5) is 8.78 Å². The maximum absolute atomic E-state index is 13.8. The molecule has 0 bridgehead atoms. The predicted molar refractivity (Wildman–Crippen MR) is 134 cm³/mol. The molecule has 0 spiro atoms. The first-order chi connectivity index (χ1) is 18.0. The van der Waals surface area contributed by atoms with E-state index in [9.17, 15) is 13.6 Å². The van der Waals surface area contributed by atoms with Crippen molar-refractivity contribution in [3.8, 4) is 17.0 Å². The summed E-state index contributed by atoms with van der Waals surface area (Å²) in [7, 11) is 0. The fourth-order valence-electron chi connectivity index (χ4n) is 4.00. The Hall–Kier alpha value is -4.34. The molecule has 10 heteroatoms. The normalized spacial score (nSPS) is 11.3. The van der Waals surface area contributed by atoms with Crippen LogP contribution in [-0.4, -0.2) is 36.7 Å². The van der Waals surface area contributed by atoms with Crippen molar-refractivity contribution in [3.05, 3.63) is 83.9 Å². The van der Waals surface area contributed by atoms with Gasteiger partial charge in [-0.25, -0.2) is 13.3 Å². The van der Waals surface area contributed by atoms with E-state index in [1.54, 1.807) is 4.52 Å². The molecule has 37 heavy (non-hydrogen) atoms. The van der Waals surface area contributed by atoms with Gasteiger partial charge in [0.15, 0.2) is 5.65 Å². The smallest absolute Gasteiger partial charge is 0.220 e. The first-order valence-corrected chi connectivity index (χ1v) is 12.2. The van der Waals surface area contributed by atoms with Gasteiger partial charge in [-0.15, -0.1) is 10.2 Å². The largest absolute Gasteiger partial charge is 0.494 e. The third-order valence-corrected chi connectivity index (χ3v) is 6.07. The van der Waals surface area contributed by atoms with Gasteiger partial charge in [-0.1, -0.05) is 19.4 Å². The van der Waals surface area contributed by atoms with Crippen LogP contribution < -0.4 is 10.1 Å². The van der Waals surface area contributed by atoms with E-state index in [1.165, 1.54) is 6.07 Å². The van der Waals surface area contributed by atoms with Gasteiger partial charge in [0.25, 0.3) is 0 Å². The second-order valence-electron chi connectivity index (χ2n) is 8.71. The first kappa shape index (κ1) is 24.4. The average molecular weight is 505 g/mol. The van der Waals surface area contributed by atoms with Gasteiger partial charge in [0.1, 0.15) is 28.7 Å². The summed E-state index contributed by atoms with van der Waals surface area (Å²) in [6, 6.07) is 13.1. The van der Waals surface area contributed by atoms with Crippen LogP contribution in [0, 0.1) is 11.6 Å². The van der Waals surface area contributed by atoms with E-state index in [1.807, 2.05) is 47.1 Å². The molecule has 5 rings (SSSR count). The molecule has 1 amide bonds. The third-order valence-electron chi connectivity index (χ3n) is 6.07. The molecular weight excluding hydrogens is 478 g/mol. The van der Waals surface area contributed by atoms with Crippen molar-refractivity contribution < 1.29 is 18.3 Å². The molecule has 190 valence electrons. The van der Waals surface area contributed by atoms with Crippen LogP contribution in [0.3, 0.4) is 0 Å². The Balaban J connectivity index is 1.26. The molecule has 0 saturated heterocycles. The van der Waals surface area contributed by atoms with E-state index >= 15 is 0 Å². The summed E-state index contributed by atoms with van der Waals surface area (Å²) in [5.41, 5.74) is 3.39. The monoisotopic (exact) mass is 504 g/mol. The molecule has 3 aromatic heterocycles. The average Bonchev–Trinajstić information content (AvgIpc) is 3.51. The number of fused-ring (bicyclic) bond motifs is 3. The maximum atomic E-state index is 13.8. The maximum Gasteiger partial charge on any atom is 0.220 e. The Kier molecular flexibility index (Phi) is 7.07. The fraction of sp³-hybridized carbons (Fsp3) is 0.259. The Labute approximate surface area is 211 Å². The Morgan fingerprint density at radius 2 is 1.89 bits per heavy atom. The quantitative estimate of drug-likeness (QED) is 0.278. The number of nitrogens with zero attached hydrogens (tertiary/aromatic N) is 5. The summed E-state index contributed by atoms with van der Waals surface area (Å²) in [5.74, 6) is -0.162. The minimum absolute atomic E-state index is 0.0173. The van der Waals surface area contributed by atoms with Gasteiger partial charge in [0.2, 0.25) is 5.91 Å². The van der Waals surface area contributed by atoms with Gasteiger partial charge in [-0.05, 0) is 42.8 Å². The van der Waals surface area contributed by atoms with Crippen molar-refractivity contribution in [3.63, 3.8) is 0 Å². The molecule has 0 aliphatic carbocycles. The highest BCUT2D eigenvalue weighted by Crippen LogP contribution is 2.24. The Morgan fingerprint density at radius 3 is 2.68 bits per heavy atom. The zero-order valence-corrected chi connectivity index (χ0v) is 20.3. The number of amides is 1. The number of unbranched alkanes of at least 4 members (excludes halogenated alkanes) is 1. The highest BCUT2D eigenvalue weighted by Gasteiger charge is 2.14. The second-order valence-corrected chi connectivity index (χ2v) is 8.71. The van der Waals surface area contributed by atoms with Gasteiger partial charge in [-0.3, -0.25) is 9.20 Å². The van der Waals surface area contributed by atoms with Crippen LogP contribution in [0.5, 0.6) is 5.75 Å². The van der Waals surface area contributed by atoms with E-state index in [0.717, 1.165) is 47.5 Å². The Morgan fingerprint density at radius 1 is 1.05 bits per heavy atom. The lowest BCUT2D eigenvalue weighted by molar-refractivity contribution is -0.121. The van der Waals surface area contributed by atoms with Crippen LogP contribution in [0.15, 0.2) is 60.9 Å². The number of halogens is 2. The molecule has 2 aromatic carbocycles. The summed E-state index contributed by atoms with van der Waals surface area (Å²) >= 11 is 0. The molecule has 1 N–H and O–H groups in total. The van der Waals surface area contributed by atoms with Crippen molar-refractivity contribution in [1.29, 1.82) is 0 Å². The number of hydrogen-bond donors (Lipinski definition) is 1. The lowest BCUT2D eigenvalue weighted by atomic mass is 10.1. The van der Waals surface area contributed by atoms with Crippen LogP contribution in [0.1, 0.15) is 37.6 Å². The molecule has 0 radical (unpaired) electrons. The summed E-state index contributed by atoms with van der Waals surface area (Å²) in [4.78, 5) is 12.3. The van der Waals surface area contributed by atoms with Crippen LogP contribution in [-0.2, 0) is 17.8 Å². The Bertz CT molecular complexity index is 1540. The number of rotatable bonds is 10. The summed E-state index contributed by atoms with van der Waals surface area (Å²) in [5, 5.41) is 15.9. The van der Waals surface area contributed by atoms with E-state index in [4.69, 9.17) is 4.74 Å². The topological polar surface area (TPSA) is 85.8 Å². The SMILES string of the molecule is CCCCOc1ccc(-c2cc3c4nnc(CCC(=O)NCc5ccc(F)cc5F)n4ccn3n2)cc1. The lowest BCUT2D eigenvalue weighted by Gasteiger charge is -2.06. The van der Waals surface area contributed by atoms with Crippen LogP contribution in [0.25, 0.3) is 22.4 Å². The van der Waals surface area contributed by atoms with E-state index < -0.39 is 11.6 Å². The molecule has 0 aliphatic rings. The molecule has 8 nitrogen and oxygen atoms in total. The number of benzene rings is 2. The molecule has 3 heterocycles. The fourth-order valence-corrected chi connectivity index (χ4v) is 4.00. The van der Waals surface area contributed by atoms with Gasteiger partial charge < -0.3 is 10.1 Å².